The van der Waals surface area contributed by atoms with Crippen molar-refractivity contribution in [1.82, 2.24) is 5.32 Å². The Balaban J connectivity index is 2.52. The van der Waals surface area contributed by atoms with Gasteiger partial charge in [-0.3, -0.25) is 4.79 Å². The Kier molecular flexibility index (Phi) is 7.01. The first-order valence-corrected chi connectivity index (χ1v) is 7.62. The topological polar surface area (TPSA) is 75.6 Å². The minimum atomic E-state index is -1.04. The van der Waals surface area contributed by atoms with E-state index in [4.69, 9.17) is 9.84 Å². The van der Waals surface area contributed by atoms with E-state index in [-0.39, 0.29) is 6.61 Å². The Bertz CT molecular complexity index is 493. The van der Waals surface area contributed by atoms with Gasteiger partial charge in [0.05, 0.1) is 4.47 Å². The largest absolute Gasteiger partial charge is 0.483 e. The number of nitrogens with one attached hydrogen (secondary N) is 1. The average Bonchev–Trinajstić information content (AvgIpc) is 2.37. The predicted octanol–water partition coefficient (Wildman–Crippen LogP) is 2.96. The van der Waals surface area contributed by atoms with E-state index in [9.17, 15) is 9.59 Å². The molecule has 1 rings (SSSR count). The number of aliphatic carboxylic acids is 1. The lowest BCUT2D eigenvalue weighted by molar-refractivity contribution is -0.142. The summed E-state index contributed by atoms with van der Waals surface area (Å²) in [5.41, 5.74) is 0. The van der Waals surface area contributed by atoms with Crippen molar-refractivity contribution < 1.29 is 19.4 Å². The van der Waals surface area contributed by atoms with Gasteiger partial charge in [-0.25, -0.2) is 4.79 Å². The highest BCUT2D eigenvalue weighted by atomic mass is 79.9. The molecule has 1 atom stereocenters. The van der Waals surface area contributed by atoms with Crippen molar-refractivity contribution in [2.24, 2.45) is 0 Å². The van der Waals surface area contributed by atoms with Gasteiger partial charge < -0.3 is 15.2 Å². The highest BCUT2D eigenvalue weighted by Crippen LogP contribution is 2.28. The third-order valence-electron chi connectivity index (χ3n) is 2.46. The maximum atomic E-state index is 11.7. The number of halogens is 2. The molecule has 0 heterocycles. The van der Waals surface area contributed by atoms with Gasteiger partial charge in [0.15, 0.2) is 6.61 Å². The van der Waals surface area contributed by atoms with Gasteiger partial charge in [0.25, 0.3) is 5.91 Å². The minimum Gasteiger partial charge on any atom is -0.483 e. The monoisotopic (exact) mass is 407 g/mol. The van der Waals surface area contributed by atoms with Crippen molar-refractivity contribution >= 4 is 43.7 Å². The van der Waals surface area contributed by atoms with Crippen LogP contribution in [0.3, 0.4) is 0 Å². The molecule has 5 nitrogen and oxygen atoms in total. The maximum absolute atomic E-state index is 11.7. The second-order valence-corrected chi connectivity index (χ2v) is 5.88. The normalized spacial score (nSPS) is 11.8. The first kappa shape index (κ1) is 17.0. The van der Waals surface area contributed by atoms with E-state index in [1.165, 1.54) is 0 Å². The van der Waals surface area contributed by atoms with Crippen LogP contribution in [0.1, 0.15) is 19.8 Å². The minimum absolute atomic E-state index is 0.228. The molecule has 0 aromatic heterocycles. The maximum Gasteiger partial charge on any atom is 0.326 e. The molecule has 0 saturated heterocycles. The summed E-state index contributed by atoms with van der Waals surface area (Å²) in [6.45, 7) is 1.63. The highest BCUT2D eigenvalue weighted by molar-refractivity contribution is 9.11. The van der Waals surface area contributed by atoms with E-state index >= 15 is 0 Å². The number of rotatable bonds is 7. The molecule has 7 heteroatoms. The van der Waals surface area contributed by atoms with Crippen LogP contribution in [-0.4, -0.2) is 29.6 Å². The Morgan fingerprint density at radius 1 is 1.40 bits per heavy atom. The number of hydrogen-bond acceptors (Lipinski definition) is 3. The van der Waals surface area contributed by atoms with E-state index in [1.807, 2.05) is 6.92 Å². The quantitative estimate of drug-likeness (QED) is 0.727. The lowest BCUT2D eigenvalue weighted by Gasteiger charge is -2.14. The smallest absolute Gasteiger partial charge is 0.326 e. The summed E-state index contributed by atoms with van der Waals surface area (Å²) in [5.74, 6) is -0.976. The van der Waals surface area contributed by atoms with Crippen LogP contribution in [0.2, 0.25) is 0 Å². The van der Waals surface area contributed by atoms with Crippen molar-refractivity contribution in [3.63, 3.8) is 0 Å². The molecule has 0 bridgehead atoms. The summed E-state index contributed by atoms with van der Waals surface area (Å²) < 4.78 is 6.94. The average molecular weight is 409 g/mol. The van der Waals surface area contributed by atoms with Crippen LogP contribution in [-0.2, 0) is 9.59 Å². The fraction of sp³-hybridized carbons (Fsp3) is 0.385. The molecule has 0 aliphatic carbocycles. The highest BCUT2D eigenvalue weighted by Gasteiger charge is 2.19. The summed E-state index contributed by atoms with van der Waals surface area (Å²) >= 11 is 6.63. The van der Waals surface area contributed by atoms with Crippen molar-refractivity contribution in [3.8, 4) is 5.75 Å². The standard InChI is InChI=1S/C13H15Br2NO4/c1-2-3-10(13(18)19)16-12(17)7-20-11-5-4-8(14)6-9(11)15/h4-6,10H,2-3,7H2,1H3,(H,16,17)(H,18,19). The zero-order valence-electron chi connectivity index (χ0n) is 10.9. The van der Waals surface area contributed by atoms with Crippen LogP contribution < -0.4 is 10.1 Å². The summed E-state index contributed by atoms with van der Waals surface area (Å²) in [6.07, 6.45) is 1.07. The van der Waals surface area contributed by atoms with Gasteiger partial charge in [0.2, 0.25) is 0 Å². The molecule has 0 saturated carbocycles. The molecule has 2 N–H and O–H groups in total. The molecule has 20 heavy (non-hydrogen) atoms. The summed E-state index contributed by atoms with van der Waals surface area (Å²) in [6, 6.07) is 4.42. The number of ether oxygens (including phenoxy) is 1. The second kappa shape index (κ2) is 8.26. The summed E-state index contributed by atoms with van der Waals surface area (Å²) in [5, 5.41) is 11.4. The number of amides is 1. The molecule has 1 aromatic rings. The molecule has 0 spiro atoms. The van der Waals surface area contributed by atoms with Gasteiger partial charge >= 0.3 is 5.97 Å². The Labute approximate surface area is 134 Å². The second-order valence-electron chi connectivity index (χ2n) is 4.11. The van der Waals surface area contributed by atoms with Crippen LogP contribution in [0.25, 0.3) is 0 Å². The van der Waals surface area contributed by atoms with Gasteiger partial charge in [-0.05, 0) is 40.5 Å². The number of hydrogen-bond donors (Lipinski definition) is 2. The molecule has 1 unspecified atom stereocenters. The zero-order valence-corrected chi connectivity index (χ0v) is 14.0. The van der Waals surface area contributed by atoms with Gasteiger partial charge in [-0.2, -0.15) is 0 Å². The molecule has 1 amide bonds. The van der Waals surface area contributed by atoms with E-state index in [0.717, 1.165) is 4.47 Å². The molecule has 0 aliphatic heterocycles. The van der Waals surface area contributed by atoms with Crippen LogP contribution in [0, 0.1) is 0 Å². The van der Waals surface area contributed by atoms with Crippen LogP contribution in [0.5, 0.6) is 5.75 Å². The van der Waals surface area contributed by atoms with E-state index in [0.29, 0.717) is 23.1 Å². The predicted molar refractivity (Wildman–Crippen MR) is 81.8 cm³/mol. The number of carbonyl (C=O) groups excluding carboxylic acids is 1. The molecule has 0 aliphatic rings. The Morgan fingerprint density at radius 3 is 2.65 bits per heavy atom. The van der Waals surface area contributed by atoms with Crippen molar-refractivity contribution in [2.75, 3.05) is 6.61 Å². The molecular weight excluding hydrogens is 394 g/mol. The number of carbonyl (C=O) groups is 2. The van der Waals surface area contributed by atoms with Gasteiger partial charge in [-0.1, -0.05) is 29.3 Å². The molecule has 0 fully saturated rings. The van der Waals surface area contributed by atoms with Gasteiger partial charge in [-0.15, -0.1) is 0 Å². The molecule has 110 valence electrons. The van der Waals surface area contributed by atoms with Crippen LogP contribution in [0.15, 0.2) is 27.1 Å². The Hall–Kier alpha value is -1.08. The van der Waals surface area contributed by atoms with Crippen molar-refractivity contribution in [3.05, 3.63) is 27.1 Å². The third kappa shape index (κ3) is 5.50. The van der Waals surface area contributed by atoms with E-state index < -0.39 is 17.9 Å². The van der Waals surface area contributed by atoms with E-state index in [1.54, 1.807) is 18.2 Å². The van der Waals surface area contributed by atoms with Crippen LogP contribution in [0.4, 0.5) is 0 Å². The summed E-state index contributed by atoms with van der Waals surface area (Å²) in [7, 11) is 0. The molecular formula is C13H15Br2NO4. The lowest BCUT2D eigenvalue weighted by Crippen LogP contribution is -2.42. The number of benzene rings is 1. The van der Waals surface area contributed by atoms with Crippen LogP contribution >= 0.6 is 31.9 Å². The lowest BCUT2D eigenvalue weighted by atomic mass is 10.2. The fourth-order valence-electron chi connectivity index (χ4n) is 1.52. The summed E-state index contributed by atoms with van der Waals surface area (Å²) in [4.78, 5) is 22.6. The fourth-order valence-corrected chi connectivity index (χ4v) is 2.68. The zero-order chi connectivity index (χ0) is 15.1. The van der Waals surface area contributed by atoms with Crippen molar-refractivity contribution in [2.45, 2.75) is 25.8 Å². The SMILES string of the molecule is CCCC(NC(=O)COc1ccc(Br)cc1Br)C(=O)O. The first-order valence-electron chi connectivity index (χ1n) is 6.04. The first-order chi connectivity index (χ1) is 9.43. The Morgan fingerprint density at radius 2 is 2.10 bits per heavy atom. The number of carboxylic acid groups (broad SMARTS) is 1. The molecule has 1 aromatic carbocycles. The van der Waals surface area contributed by atoms with Crippen molar-refractivity contribution in [1.29, 1.82) is 0 Å². The third-order valence-corrected chi connectivity index (χ3v) is 3.58. The van der Waals surface area contributed by atoms with Gasteiger partial charge in [0.1, 0.15) is 11.8 Å². The van der Waals surface area contributed by atoms with Gasteiger partial charge in [0, 0.05) is 4.47 Å². The van der Waals surface area contributed by atoms with E-state index in [2.05, 4.69) is 37.2 Å². The molecule has 0 radical (unpaired) electrons. The number of carboxylic acids is 1.